The summed E-state index contributed by atoms with van der Waals surface area (Å²) < 4.78 is 3.00. The number of likely N-dealkylation sites (tertiary alicyclic amines) is 1. The maximum atomic E-state index is 12.7. The third-order valence-electron chi connectivity index (χ3n) is 4.31. The highest BCUT2D eigenvalue weighted by molar-refractivity contribution is 9.10. The second-order valence-electron chi connectivity index (χ2n) is 6.48. The molecule has 1 aromatic heterocycles. The van der Waals surface area contributed by atoms with Crippen molar-refractivity contribution in [1.29, 1.82) is 0 Å². The van der Waals surface area contributed by atoms with E-state index in [1.807, 2.05) is 28.8 Å². The molecule has 2 heterocycles. The molecule has 1 aliphatic heterocycles. The fourth-order valence-electron chi connectivity index (χ4n) is 2.95. The van der Waals surface area contributed by atoms with E-state index in [9.17, 15) is 4.79 Å². The molecule has 1 amide bonds. The number of hydrogen-bond acceptors (Lipinski definition) is 2. The lowest BCUT2D eigenvalue weighted by Crippen LogP contribution is -2.38. The minimum atomic E-state index is 0.119. The molecule has 5 heteroatoms. The van der Waals surface area contributed by atoms with Gasteiger partial charge >= 0.3 is 0 Å². The number of amides is 1. The fraction of sp³-hybridized carbons (Fsp3) is 0.688. The first-order chi connectivity index (χ1) is 9.88. The quantitative estimate of drug-likeness (QED) is 0.829. The number of carbonyl (C=O) groups is 1. The largest absolute Gasteiger partial charge is 0.340 e. The van der Waals surface area contributed by atoms with Gasteiger partial charge < -0.3 is 14.4 Å². The van der Waals surface area contributed by atoms with Crippen LogP contribution in [0.4, 0.5) is 0 Å². The van der Waals surface area contributed by atoms with Gasteiger partial charge in [0.05, 0.1) is 0 Å². The maximum Gasteiger partial charge on any atom is 0.270 e. The van der Waals surface area contributed by atoms with E-state index in [2.05, 4.69) is 41.7 Å². The molecule has 0 aromatic carbocycles. The zero-order chi connectivity index (χ0) is 15.6. The Morgan fingerprint density at radius 1 is 1.43 bits per heavy atom. The van der Waals surface area contributed by atoms with Gasteiger partial charge in [0, 0.05) is 30.3 Å². The van der Waals surface area contributed by atoms with Crippen molar-refractivity contribution in [2.24, 2.45) is 5.92 Å². The molecule has 1 fully saturated rings. The summed E-state index contributed by atoms with van der Waals surface area (Å²) in [6.45, 7) is 7.33. The Balaban J connectivity index is 2.02. The molecule has 118 valence electrons. The Bertz CT molecular complexity index is 490. The standard InChI is InChI=1S/C16H26BrN3O/c1-12(2)20-11-14(17)9-15(20)16(21)19(4)10-13-5-7-18(3)8-6-13/h9,11-13H,5-8,10H2,1-4H3. The van der Waals surface area contributed by atoms with Gasteiger partial charge in [0.2, 0.25) is 0 Å². The highest BCUT2D eigenvalue weighted by Crippen LogP contribution is 2.22. The summed E-state index contributed by atoms with van der Waals surface area (Å²) in [6.07, 6.45) is 4.35. The molecular weight excluding hydrogens is 330 g/mol. The molecule has 0 N–H and O–H groups in total. The summed E-state index contributed by atoms with van der Waals surface area (Å²) >= 11 is 3.48. The van der Waals surface area contributed by atoms with E-state index >= 15 is 0 Å². The zero-order valence-electron chi connectivity index (χ0n) is 13.5. The summed E-state index contributed by atoms with van der Waals surface area (Å²) in [6, 6.07) is 2.21. The number of carbonyl (C=O) groups excluding carboxylic acids is 1. The summed E-state index contributed by atoms with van der Waals surface area (Å²) in [7, 11) is 4.09. The van der Waals surface area contributed by atoms with Gasteiger partial charge in [-0.2, -0.15) is 0 Å². The molecule has 4 nitrogen and oxygen atoms in total. The topological polar surface area (TPSA) is 28.5 Å². The summed E-state index contributed by atoms with van der Waals surface area (Å²) in [5.41, 5.74) is 0.771. The van der Waals surface area contributed by atoms with Gasteiger partial charge in [-0.3, -0.25) is 4.79 Å². The fourth-order valence-corrected chi connectivity index (χ4v) is 3.39. The third-order valence-corrected chi connectivity index (χ3v) is 4.74. The number of halogens is 1. The lowest BCUT2D eigenvalue weighted by atomic mass is 9.96. The predicted octanol–water partition coefficient (Wildman–Crippen LogP) is 3.25. The van der Waals surface area contributed by atoms with E-state index in [-0.39, 0.29) is 11.9 Å². The van der Waals surface area contributed by atoms with Crippen molar-refractivity contribution in [3.05, 3.63) is 22.4 Å². The van der Waals surface area contributed by atoms with E-state index in [0.717, 1.165) is 29.8 Å². The van der Waals surface area contributed by atoms with Crippen molar-refractivity contribution in [2.45, 2.75) is 32.7 Å². The summed E-state index contributed by atoms with van der Waals surface area (Å²) in [5.74, 6) is 0.745. The van der Waals surface area contributed by atoms with Crippen LogP contribution in [0, 0.1) is 5.92 Å². The van der Waals surface area contributed by atoms with Crippen LogP contribution in [0.5, 0.6) is 0 Å². The van der Waals surface area contributed by atoms with Crippen LogP contribution in [0.25, 0.3) is 0 Å². The third kappa shape index (κ3) is 4.10. The molecule has 1 aliphatic rings. The number of aromatic nitrogens is 1. The molecule has 0 radical (unpaired) electrons. The van der Waals surface area contributed by atoms with Crippen LogP contribution in [0.3, 0.4) is 0 Å². The molecule has 21 heavy (non-hydrogen) atoms. The highest BCUT2D eigenvalue weighted by Gasteiger charge is 2.23. The minimum absolute atomic E-state index is 0.119. The van der Waals surface area contributed by atoms with Gasteiger partial charge in [-0.05, 0) is 74.7 Å². The molecule has 2 rings (SSSR count). The predicted molar refractivity (Wildman–Crippen MR) is 89.7 cm³/mol. The van der Waals surface area contributed by atoms with Crippen molar-refractivity contribution < 1.29 is 4.79 Å². The molecule has 0 saturated carbocycles. The maximum absolute atomic E-state index is 12.7. The molecule has 0 unspecified atom stereocenters. The normalized spacial score (nSPS) is 17.4. The Kier molecular flexibility index (Phi) is 5.49. The number of rotatable bonds is 4. The molecule has 1 saturated heterocycles. The van der Waals surface area contributed by atoms with Crippen LogP contribution in [0.2, 0.25) is 0 Å². The molecule has 1 aromatic rings. The lowest BCUT2D eigenvalue weighted by molar-refractivity contribution is 0.0735. The number of nitrogens with zero attached hydrogens (tertiary/aromatic N) is 3. The van der Waals surface area contributed by atoms with Crippen LogP contribution in [0.1, 0.15) is 43.2 Å². The van der Waals surface area contributed by atoms with Crippen LogP contribution in [-0.2, 0) is 0 Å². The number of hydrogen-bond donors (Lipinski definition) is 0. The van der Waals surface area contributed by atoms with Crippen molar-refractivity contribution in [1.82, 2.24) is 14.4 Å². The second kappa shape index (κ2) is 6.97. The molecule has 0 atom stereocenters. The SMILES string of the molecule is CC(C)n1cc(Br)cc1C(=O)N(C)CC1CCN(C)CC1. The minimum Gasteiger partial charge on any atom is -0.340 e. The Morgan fingerprint density at radius 3 is 2.62 bits per heavy atom. The van der Waals surface area contributed by atoms with Gasteiger partial charge in [0.25, 0.3) is 5.91 Å². The van der Waals surface area contributed by atoms with Crippen molar-refractivity contribution in [3.63, 3.8) is 0 Å². The molecular formula is C16H26BrN3O. The van der Waals surface area contributed by atoms with Gasteiger partial charge in [0.15, 0.2) is 0 Å². The van der Waals surface area contributed by atoms with Crippen LogP contribution in [0.15, 0.2) is 16.7 Å². The van der Waals surface area contributed by atoms with E-state index in [0.29, 0.717) is 5.92 Å². The van der Waals surface area contributed by atoms with Crippen LogP contribution >= 0.6 is 15.9 Å². The van der Waals surface area contributed by atoms with Crippen molar-refractivity contribution >= 4 is 21.8 Å². The summed E-state index contributed by atoms with van der Waals surface area (Å²) in [4.78, 5) is 16.9. The van der Waals surface area contributed by atoms with Gasteiger partial charge in [-0.25, -0.2) is 0 Å². The van der Waals surface area contributed by atoms with Crippen molar-refractivity contribution in [2.75, 3.05) is 33.7 Å². The lowest BCUT2D eigenvalue weighted by Gasteiger charge is -2.31. The number of piperidine rings is 1. The Morgan fingerprint density at radius 2 is 2.05 bits per heavy atom. The van der Waals surface area contributed by atoms with Gasteiger partial charge in [-0.15, -0.1) is 0 Å². The second-order valence-corrected chi connectivity index (χ2v) is 7.39. The summed E-state index contributed by atoms with van der Waals surface area (Å²) in [5, 5.41) is 0. The van der Waals surface area contributed by atoms with Crippen LogP contribution in [-0.4, -0.2) is 54.0 Å². The first-order valence-electron chi connectivity index (χ1n) is 7.70. The average molecular weight is 356 g/mol. The van der Waals surface area contributed by atoms with E-state index in [1.54, 1.807) is 0 Å². The smallest absolute Gasteiger partial charge is 0.270 e. The zero-order valence-corrected chi connectivity index (χ0v) is 15.1. The van der Waals surface area contributed by atoms with Gasteiger partial charge in [0.1, 0.15) is 5.69 Å². The Labute approximate surface area is 136 Å². The highest BCUT2D eigenvalue weighted by atomic mass is 79.9. The van der Waals surface area contributed by atoms with E-state index < -0.39 is 0 Å². The molecule has 0 bridgehead atoms. The Hall–Kier alpha value is -0.810. The van der Waals surface area contributed by atoms with Crippen LogP contribution < -0.4 is 0 Å². The first kappa shape index (κ1) is 16.6. The van der Waals surface area contributed by atoms with E-state index in [1.165, 1.54) is 12.8 Å². The van der Waals surface area contributed by atoms with Gasteiger partial charge in [-0.1, -0.05) is 0 Å². The molecule has 0 aliphatic carbocycles. The first-order valence-corrected chi connectivity index (χ1v) is 8.49. The molecule has 0 spiro atoms. The average Bonchev–Trinajstić information content (AvgIpc) is 2.82. The van der Waals surface area contributed by atoms with Crippen molar-refractivity contribution in [3.8, 4) is 0 Å². The monoisotopic (exact) mass is 355 g/mol. The van der Waals surface area contributed by atoms with E-state index in [4.69, 9.17) is 0 Å².